The molecule has 6 nitrogen and oxygen atoms in total. The lowest BCUT2D eigenvalue weighted by atomic mass is 9.84. The summed E-state index contributed by atoms with van der Waals surface area (Å²) in [5.74, 6) is -1.20. The monoisotopic (exact) mass is 295 g/mol. The number of hydrogen-bond donors (Lipinski definition) is 1. The first-order chi connectivity index (χ1) is 10.1. The van der Waals surface area contributed by atoms with E-state index in [1.807, 2.05) is 6.92 Å². The van der Waals surface area contributed by atoms with Gasteiger partial charge in [-0.25, -0.2) is 0 Å². The van der Waals surface area contributed by atoms with Crippen molar-refractivity contribution in [2.75, 3.05) is 13.2 Å². The molecule has 0 aromatic heterocycles. The van der Waals surface area contributed by atoms with E-state index in [1.165, 1.54) is 0 Å². The van der Waals surface area contributed by atoms with Crippen molar-refractivity contribution >= 4 is 17.5 Å². The molecule has 116 valence electrons. The molecule has 0 radical (unpaired) electrons. The van der Waals surface area contributed by atoms with Gasteiger partial charge < -0.3 is 14.7 Å². The van der Waals surface area contributed by atoms with E-state index in [2.05, 4.69) is 5.16 Å². The van der Waals surface area contributed by atoms with Crippen LogP contribution < -0.4 is 0 Å². The molecule has 21 heavy (non-hydrogen) atoms. The lowest BCUT2D eigenvalue weighted by Gasteiger charge is -2.22. The molecule has 1 N–H and O–H groups in total. The molecule has 1 saturated carbocycles. The minimum Gasteiger partial charge on any atom is -0.511 e. The molecule has 6 heteroatoms. The molecule has 2 aliphatic rings. The van der Waals surface area contributed by atoms with E-state index in [-0.39, 0.29) is 42.5 Å². The Labute approximate surface area is 123 Å². The summed E-state index contributed by atoms with van der Waals surface area (Å²) in [5.41, 5.74) is 0.771. The summed E-state index contributed by atoms with van der Waals surface area (Å²) < 4.78 is 4.92. The molecule has 0 aromatic carbocycles. The fourth-order valence-corrected chi connectivity index (χ4v) is 2.43. The molecule has 2 aliphatic carbocycles. The van der Waals surface area contributed by atoms with Crippen molar-refractivity contribution in [1.29, 1.82) is 0 Å². The highest BCUT2D eigenvalue weighted by Gasteiger charge is 2.40. The Morgan fingerprint density at radius 1 is 1.24 bits per heavy atom. The highest BCUT2D eigenvalue weighted by molar-refractivity contribution is 6.24. The van der Waals surface area contributed by atoms with Crippen LogP contribution >= 0.6 is 0 Å². The highest BCUT2D eigenvalue weighted by atomic mass is 16.6. The number of ketones is 1. The van der Waals surface area contributed by atoms with Crippen molar-refractivity contribution in [2.45, 2.75) is 39.5 Å². The van der Waals surface area contributed by atoms with E-state index in [0.717, 1.165) is 12.8 Å². The lowest BCUT2D eigenvalue weighted by molar-refractivity contribution is -0.149. The van der Waals surface area contributed by atoms with E-state index in [1.54, 1.807) is 6.92 Å². The maximum absolute atomic E-state index is 12.3. The summed E-state index contributed by atoms with van der Waals surface area (Å²) in [6.07, 6.45) is 2.06. The Bertz CT molecular complexity index is 490. The Morgan fingerprint density at radius 3 is 2.48 bits per heavy atom. The number of aliphatic hydroxyl groups is 1. The quantitative estimate of drug-likeness (QED) is 0.461. The van der Waals surface area contributed by atoms with Crippen molar-refractivity contribution in [3.8, 4) is 0 Å². The van der Waals surface area contributed by atoms with E-state index in [9.17, 15) is 14.7 Å². The molecule has 2 rings (SSSR count). The standard InChI is InChI=1S/C15H21NO5/c1-3-20-15(19)10-7-11(17)13(12(18)8-10)14(9-5-6-9)16-21-4-2/h9-10,17H,3-8H2,1-2H3. The van der Waals surface area contributed by atoms with Gasteiger partial charge in [0.1, 0.15) is 12.4 Å². The number of nitrogens with zero attached hydrogens (tertiary/aromatic N) is 1. The minimum atomic E-state index is -0.603. The number of hydrogen-bond acceptors (Lipinski definition) is 6. The van der Waals surface area contributed by atoms with Crippen LogP contribution in [-0.4, -0.2) is 35.8 Å². The zero-order chi connectivity index (χ0) is 15.4. The maximum Gasteiger partial charge on any atom is 0.309 e. The predicted molar refractivity (Wildman–Crippen MR) is 75.8 cm³/mol. The van der Waals surface area contributed by atoms with E-state index in [4.69, 9.17) is 9.57 Å². The average molecular weight is 295 g/mol. The number of oxime groups is 1. The SMILES string of the molecule is CCON=C(C1=C(O)CC(C(=O)OCC)CC1=O)C1CC1. The average Bonchev–Trinajstić information content (AvgIpc) is 3.26. The van der Waals surface area contributed by atoms with Crippen LogP contribution in [0.15, 0.2) is 16.5 Å². The second-order valence-corrected chi connectivity index (χ2v) is 5.27. The first kappa shape index (κ1) is 15.5. The molecule has 0 amide bonds. The van der Waals surface area contributed by atoms with Gasteiger partial charge in [-0.1, -0.05) is 5.16 Å². The van der Waals surface area contributed by atoms with Gasteiger partial charge in [0, 0.05) is 18.8 Å². The third kappa shape index (κ3) is 3.62. The summed E-state index contributed by atoms with van der Waals surface area (Å²) in [6, 6.07) is 0. The summed E-state index contributed by atoms with van der Waals surface area (Å²) in [7, 11) is 0. The summed E-state index contributed by atoms with van der Waals surface area (Å²) >= 11 is 0. The number of Topliss-reactive ketones (excluding diaryl/α,β-unsaturated/α-hetero) is 1. The van der Waals surface area contributed by atoms with Crippen LogP contribution in [0.1, 0.15) is 39.5 Å². The smallest absolute Gasteiger partial charge is 0.309 e. The van der Waals surface area contributed by atoms with Crippen molar-refractivity contribution in [1.82, 2.24) is 0 Å². The van der Waals surface area contributed by atoms with Gasteiger partial charge in [0.15, 0.2) is 5.78 Å². The summed E-state index contributed by atoms with van der Waals surface area (Å²) in [6.45, 7) is 4.19. The van der Waals surface area contributed by atoms with Gasteiger partial charge in [-0.15, -0.1) is 0 Å². The Kier molecular flexibility index (Phi) is 4.98. The lowest BCUT2D eigenvalue weighted by Crippen LogP contribution is -2.30. The van der Waals surface area contributed by atoms with Crippen molar-refractivity contribution < 1.29 is 24.3 Å². The van der Waals surface area contributed by atoms with Crippen molar-refractivity contribution in [3.63, 3.8) is 0 Å². The fraction of sp³-hybridized carbons (Fsp3) is 0.667. The largest absolute Gasteiger partial charge is 0.511 e. The van der Waals surface area contributed by atoms with Crippen LogP contribution in [0.4, 0.5) is 0 Å². The molecule has 1 unspecified atom stereocenters. The molecule has 0 aromatic rings. The van der Waals surface area contributed by atoms with Gasteiger partial charge in [0.05, 0.1) is 23.8 Å². The van der Waals surface area contributed by atoms with E-state index in [0.29, 0.717) is 12.3 Å². The third-order valence-electron chi connectivity index (χ3n) is 3.57. The zero-order valence-corrected chi connectivity index (χ0v) is 12.4. The van der Waals surface area contributed by atoms with Gasteiger partial charge >= 0.3 is 5.97 Å². The fourth-order valence-electron chi connectivity index (χ4n) is 2.43. The van der Waals surface area contributed by atoms with Crippen LogP contribution in [0.5, 0.6) is 0 Å². The number of esters is 1. The summed E-state index contributed by atoms with van der Waals surface area (Å²) in [4.78, 5) is 29.1. The molecule has 0 spiro atoms. The molecule has 0 heterocycles. The van der Waals surface area contributed by atoms with Crippen molar-refractivity contribution in [2.24, 2.45) is 17.0 Å². The molecule has 1 fully saturated rings. The van der Waals surface area contributed by atoms with Crippen LogP contribution in [-0.2, 0) is 19.2 Å². The van der Waals surface area contributed by atoms with Crippen LogP contribution in [0.3, 0.4) is 0 Å². The van der Waals surface area contributed by atoms with Gasteiger partial charge in [-0.05, 0) is 26.7 Å². The highest BCUT2D eigenvalue weighted by Crippen LogP contribution is 2.37. The number of carbonyl (C=O) groups excluding carboxylic acids is 2. The van der Waals surface area contributed by atoms with Crippen LogP contribution in [0, 0.1) is 11.8 Å². The number of aliphatic hydroxyl groups excluding tert-OH is 1. The maximum atomic E-state index is 12.3. The number of ether oxygens (including phenoxy) is 1. The Morgan fingerprint density at radius 2 is 1.95 bits per heavy atom. The number of carbonyl (C=O) groups is 2. The number of rotatable bonds is 6. The minimum absolute atomic E-state index is 0.0517. The Balaban J connectivity index is 2.20. The first-order valence-electron chi connectivity index (χ1n) is 7.40. The molecule has 0 bridgehead atoms. The first-order valence-corrected chi connectivity index (χ1v) is 7.40. The molecular formula is C15H21NO5. The molecular weight excluding hydrogens is 274 g/mol. The van der Waals surface area contributed by atoms with E-state index < -0.39 is 11.9 Å². The molecule has 0 aliphatic heterocycles. The van der Waals surface area contributed by atoms with Gasteiger partial charge in [0.25, 0.3) is 0 Å². The molecule has 0 saturated heterocycles. The topological polar surface area (TPSA) is 85.2 Å². The van der Waals surface area contributed by atoms with Crippen LogP contribution in [0.2, 0.25) is 0 Å². The van der Waals surface area contributed by atoms with E-state index >= 15 is 0 Å². The van der Waals surface area contributed by atoms with Gasteiger partial charge in [-0.2, -0.15) is 0 Å². The van der Waals surface area contributed by atoms with Crippen LogP contribution in [0.25, 0.3) is 0 Å². The van der Waals surface area contributed by atoms with Gasteiger partial charge in [-0.3, -0.25) is 9.59 Å². The second kappa shape index (κ2) is 6.74. The number of allylic oxidation sites excluding steroid dienone is 2. The van der Waals surface area contributed by atoms with Crippen molar-refractivity contribution in [3.05, 3.63) is 11.3 Å². The summed E-state index contributed by atoms with van der Waals surface area (Å²) in [5, 5.41) is 14.2. The second-order valence-electron chi connectivity index (χ2n) is 5.27. The third-order valence-corrected chi connectivity index (χ3v) is 3.57. The normalized spacial score (nSPS) is 23.2. The zero-order valence-electron chi connectivity index (χ0n) is 12.4. The molecule has 1 atom stereocenters. The predicted octanol–water partition coefficient (Wildman–Crippen LogP) is 2.14. The Hall–Kier alpha value is -1.85. The van der Waals surface area contributed by atoms with Gasteiger partial charge in [0.2, 0.25) is 0 Å².